The second kappa shape index (κ2) is 8.23. The van der Waals surface area contributed by atoms with Gasteiger partial charge in [0.1, 0.15) is 17.3 Å². The first kappa shape index (κ1) is 19.4. The van der Waals surface area contributed by atoms with Crippen LogP contribution in [0.1, 0.15) is 6.92 Å². The first-order chi connectivity index (χ1) is 14.1. The van der Waals surface area contributed by atoms with Gasteiger partial charge in [-0.15, -0.1) is 11.3 Å². The Hall–Kier alpha value is -2.90. The van der Waals surface area contributed by atoms with Crippen molar-refractivity contribution >= 4 is 40.5 Å². The van der Waals surface area contributed by atoms with Gasteiger partial charge in [-0.1, -0.05) is 29.8 Å². The molecule has 0 atom stereocenters. The summed E-state index contributed by atoms with van der Waals surface area (Å²) in [7, 11) is 0. The minimum Gasteiger partial charge on any atom is -0.482 e. The lowest BCUT2D eigenvalue weighted by Crippen LogP contribution is -2.42. The first-order valence-corrected chi connectivity index (χ1v) is 10.3. The van der Waals surface area contributed by atoms with Gasteiger partial charge in [-0.25, -0.2) is 4.98 Å². The zero-order chi connectivity index (χ0) is 20.4. The van der Waals surface area contributed by atoms with Crippen molar-refractivity contribution in [2.75, 3.05) is 24.7 Å². The predicted octanol–water partition coefficient (Wildman–Crippen LogP) is 4.42. The van der Waals surface area contributed by atoms with Gasteiger partial charge in [0.2, 0.25) is 0 Å². The third kappa shape index (κ3) is 3.97. The Morgan fingerprint density at radius 2 is 2.14 bits per heavy atom. The van der Waals surface area contributed by atoms with E-state index in [0.29, 0.717) is 16.5 Å². The molecule has 0 aliphatic carbocycles. The highest BCUT2D eigenvalue weighted by molar-refractivity contribution is 7.13. The molecule has 2 aromatic carbocycles. The molecule has 0 unspecified atom stereocenters. The molecule has 8 heteroatoms. The van der Waals surface area contributed by atoms with Crippen molar-refractivity contribution < 1.29 is 19.1 Å². The van der Waals surface area contributed by atoms with Crippen molar-refractivity contribution in [3.63, 3.8) is 0 Å². The molecule has 0 bridgehead atoms. The van der Waals surface area contributed by atoms with Crippen LogP contribution in [0.15, 0.2) is 47.8 Å². The van der Waals surface area contributed by atoms with Gasteiger partial charge in [0.15, 0.2) is 6.61 Å². The highest BCUT2D eigenvalue weighted by Crippen LogP contribution is 2.38. The lowest BCUT2D eigenvalue weighted by molar-refractivity contribution is -0.142. The van der Waals surface area contributed by atoms with Gasteiger partial charge in [0.25, 0.3) is 5.91 Å². The fraction of sp³-hybridized carbons (Fsp3) is 0.190. The van der Waals surface area contributed by atoms with Gasteiger partial charge < -0.3 is 9.47 Å². The van der Waals surface area contributed by atoms with E-state index in [2.05, 4.69) is 0 Å². The van der Waals surface area contributed by atoms with E-state index in [-0.39, 0.29) is 25.7 Å². The summed E-state index contributed by atoms with van der Waals surface area (Å²) in [5, 5.41) is 3.37. The third-order valence-electron chi connectivity index (χ3n) is 4.40. The number of anilines is 1. The number of hydrogen-bond acceptors (Lipinski definition) is 6. The van der Waals surface area contributed by atoms with Crippen molar-refractivity contribution in [1.82, 2.24) is 4.98 Å². The van der Waals surface area contributed by atoms with Gasteiger partial charge in [-0.05, 0) is 31.2 Å². The lowest BCUT2D eigenvalue weighted by Gasteiger charge is -2.28. The van der Waals surface area contributed by atoms with E-state index in [1.807, 2.05) is 35.7 Å². The number of esters is 1. The topological polar surface area (TPSA) is 68.7 Å². The summed E-state index contributed by atoms with van der Waals surface area (Å²) < 4.78 is 10.5. The van der Waals surface area contributed by atoms with Crippen LogP contribution >= 0.6 is 22.9 Å². The molecule has 4 rings (SSSR count). The first-order valence-electron chi connectivity index (χ1n) is 9.00. The summed E-state index contributed by atoms with van der Waals surface area (Å²) in [6.07, 6.45) is 0. The van der Waals surface area contributed by atoms with Crippen molar-refractivity contribution in [2.45, 2.75) is 6.92 Å². The largest absolute Gasteiger partial charge is 0.482 e. The Kier molecular flexibility index (Phi) is 5.51. The lowest BCUT2D eigenvalue weighted by atomic mass is 10.1. The Bertz CT molecular complexity index is 1080. The van der Waals surface area contributed by atoms with Crippen LogP contribution in [0.5, 0.6) is 5.75 Å². The molecule has 0 saturated heterocycles. The predicted molar refractivity (Wildman–Crippen MR) is 112 cm³/mol. The van der Waals surface area contributed by atoms with Crippen LogP contribution in [0, 0.1) is 0 Å². The summed E-state index contributed by atoms with van der Waals surface area (Å²) in [5.41, 5.74) is 2.96. The standard InChI is InChI=1S/C21H17ClN2O4S/c1-2-27-20(26)10-24-17-9-13(7-8-18(17)28-11-19(24)25)16-12-29-21(23-16)14-5-3-4-6-15(14)22/h3-9,12H,2,10-11H2,1H3. The number of fused-ring (bicyclic) bond motifs is 1. The van der Waals surface area contributed by atoms with E-state index in [0.717, 1.165) is 21.8 Å². The molecule has 0 saturated carbocycles. The molecule has 1 amide bonds. The monoisotopic (exact) mass is 428 g/mol. The van der Waals surface area contributed by atoms with Crippen LogP contribution in [-0.4, -0.2) is 36.6 Å². The molecule has 1 aliphatic heterocycles. The summed E-state index contributed by atoms with van der Waals surface area (Å²) in [4.78, 5) is 30.4. The Morgan fingerprint density at radius 3 is 2.93 bits per heavy atom. The van der Waals surface area contributed by atoms with Gasteiger partial charge in [-0.2, -0.15) is 0 Å². The molecule has 29 heavy (non-hydrogen) atoms. The summed E-state index contributed by atoms with van der Waals surface area (Å²) in [5.74, 6) is -0.217. The molecule has 2 heterocycles. The van der Waals surface area contributed by atoms with E-state index in [1.165, 1.54) is 16.2 Å². The number of carbonyl (C=O) groups excluding carboxylic acids is 2. The average Bonchev–Trinajstić information content (AvgIpc) is 3.20. The van der Waals surface area contributed by atoms with Crippen LogP contribution in [0.4, 0.5) is 5.69 Å². The normalized spacial score (nSPS) is 13.0. The zero-order valence-electron chi connectivity index (χ0n) is 15.6. The summed E-state index contributed by atoms with van der Waals surface area (Å²) >= 11 is 7.77. The molecular formula is C21H17ClN2O4S. The minimum absolute atomic E-state index is 0.112. The maximum Gasteiger partial charge on any atom is 0.326 e. The number of ether oxygens (including phenoxy) is 2. The number of rotatable bonds is 5. The molecule has 0 spiro atoms. The Balaban J connectivity index is 1.67. The highest BCUT2D eigenvalue weighted by Gasteiger charge is 2.28. The van der Waals surface area contributed by atoms with Gasteiger partial charge in [0.05, 0.1) is 23.0 Å². The van der Waals surface area contributed by atoms with Crippen molar-refractivity contribution in [3.8, 4) is 27.6 Å². The molecule has 148 valence electrons. The molecule has 1 aliphatic rings. The van der Waals surface area contributed by atoms with Crippen LogP contribution in [0.25, 0.3) is 21.8 Å². The summed E-state index contributed by atoms with van der Waals surface area (Å²) in [6, 6.07) is 13.0. The molecule has 0 fully saturated rings. The van der Waals surface area contributed by atoms with Crippen LogP contribution < -0.4 is 9.64 Å². The Labute approximate surface area is 176 Å². The van der Waals surface area contributed by atoms with Crippen molar-refractivity contribution in [1.29, 1.82) is 0 Å². The zero-order valence-corrected chi connectivity index (χ0v) is 17.1. The number of halogens is 1. The number of aromatic nitrogens is 1. The van der Waals surface area contributed by atoms with E-state index in [4.69, 9.17) is 26.1 Å². The molecule has 6 nitrogen and oxygen atoms in total. The number of nitrogens with zero attached hydrogens (tertiary/aromatic N) is 2. The van der Waals surface area contributed by atoms with Crippen LogP contribution in [0.3, 0.4) is 0 Å². The Morgan fingerprint density at radius 1 is 1.31 bits per heavy atom. The second-order valence-corrected chi connectivity index (χ2v) is 7.54. The third-order valence-corrected chi connectivity index (χ3v) is 5.60. The molecule has 1 aromatic heterocycles. The number of carbonyl (C=O) groups is 2. The number of benzene rings is 2. The molecule has 0 radical (unpaired) electrons. The fourth-order valence-corrected chi connectivity index (χ4v) is 4.18. The minimum atomic E-state index is -0.464. The summed E-state index contributed by atoms with van der Waals surface area (Å²) in [6.45, 7) is 1.71. The van der Waals surface area contributed by atoms with Gasteiger partial charge in [0, 0.05) is 16.5 Å². The number of amides is 1. The van der Waals surface area contributed by atoms with Gasteiger partial charge >= 0.3 is 5.97 Å². The smallest absolute Gasteiger partial charge is 0.326 e. The number of thiazole rings is 1. The highest BCUT2D eigenvalue weighted by atomic mass is 35.5. The molecule has 0 N–H and O–H groups in total. The fourth-order valence-electron chi connectivity index (χ4n) is 3.04. The van der Waals surface area contributed by atoms with E-state index >= 15 is 0 Å². The van der Waals surface area contributed by atoms with Crippen molar-refractivity contribution in [3.05, 3.63) is 52.9 Å². The molecular weight excluding hydrogens is 412 g/mol. The van der Waals surface area contributed by atoms with Crippen LogP contribution in [0.2, 0.25) is 5.02 Å². The molecule has 3 aromatic rings. The van der Waals surface area contributed by atoms with Crippen molar-refractivity contribution in [2.24, 2.45) is 0 Å². The van der Waals surface area contributed by atoms with E-state index in [1.54, 1.807) is 19.1 Å². The van der Waals surface area contributed by atoms with Gasteiger partial charge in [-0.3, -0.25) is 14.5 Å². The van der Waals surface area contributed by atoms with Crippen LogP contribution in [-0.2, 0) is 14.3 Å². The maximum absolute atomic E-state index is 12.3. The average molecular weight is 429 g/mol. The maximum atomic E-state index is 12.3. The second-order valence-electron chi connectivity index (χ2n) is 6.27. The SMILES string of the molecule is CCOC(=O)CN1C(=O)COc2ccc(-c3csc(-c4ccccc4Cl)n3)cc21. The van der Waals surface area contributed by atoms with E-state index in [9.17, 15) is 9.59 Å². The quantitative estimate of drug-likeness (QED) is 0.563. The van der Waals surface area contributed by atoms with E-state index < -0.39 is 5.97 Å². The number of hydrogen-bond donors (Lipinski definition) is 0.